The third kappa shape index (κ3) is 5.21. The first-order valence-corrected chi connectivity index (χ1v) is 8.19. The average molecular weight is 376 g/mol. The van der Waals surface area contributed by atoms with Gasteiger partial charge in [0, 0.05) is 30.6 Å². The summed E-state index contributed by atoms with van der Waals surface area (Å²) < 4.78 is 0. The van der Waals surface area contributed by atoms with E-state index in [4.69, 9.17) is 28.5 Å². The molecule has 2 aromatic rings. The van der Waals surface area contributed by atoms with Crippen molar-refractivity contribution in [3.8, 4) is 6.07 Å². The van der Waals surface area contributed by atoms with Gasteiger partial charge in [-0.05, 0) is 42.5 Å². The van der Waals surface area contributed by atoms with Crippen LogP contribution in [0.4, 0.5) is 11.4 Å². The van der Waals surface area contributed by atoms with E-state index in [0.717, 1.165) is 0 Å². The number of nitrogens with zero attached hydrogens (tertiary/aromatic N) is 2. The summed E-state index contributed by atoms with van der Waals surface area (Å²) in [5.74, 6) is -0.484. The van der Waals surface area contributed by atoms with Crippen LogP contribution >= 0.6 is 23.2 Å². The normalized spacial score (nSPS) is 10.0. The fourth-order valence-corrected chi connectivity index (χ4v) is 2.54. The molecule has 7 heteroatoms. The maximum atomic E-state index is 12.1. The highest BCUT2D eigenvalue weighted by atomic mass is 35.5. The second-order valence-electron chi connectivity index (χ2n) is 5.25. The molecule has 0 bridgehead atoms. The molecular weight excluding hydrogens is 361 g/mol. The van der Waals surface area contributed by atoms with Gasteiger partial charge in [0.05, 0.1) is 22.3 Å². The highest BCUT2D eigenvalue weighted by Crippen LogP contribution is 2.25. The Labute approximate surface area is 155 Å². The largest absolute Gasteiger partial charge is 0.325 e. The lowest BCUT2D eigenvalue weighted by Gasteiger charge is -2.21. The van der Waals surface area contributed by atoms with Crippen LogP contribution in [0, 0.1) is 11.3 Å². The van der Waals surface area contributed by atoms with Gasteiger partial charge in [-0.25, -0.2) is 0 Å². The Balaban J connectivity index is 2.03. The van der Waals surface area contributed by atoms with Gasteiger partial charge in [0.1, 0.15) is 0 Å². The quantitative estimate of drug-likeness (QED) is 0.848. The molecule has 0 unspecified atom stereocenters. The first kappa shape index (κ1) is 18.8. The Morgan fingerprint density at radius 2 is 1.84 bits per heavy atom. The van der Waals surface area contributed by atoms with Gasteiger partial charge in [-0.3, -0.25) is 9.59 Å². The van der Waals surface area contributed by atoms with Crippen LogP contribution in [-0.4, -0.2) is 18.4 Å². The lowest BCUT2D eigenvalue weighted by atomic mass is 10.2. The summed E-state index contributed by atoms with van der Waals surface area (Å²) >= 11 is 11.9. The molecule has 0 atom stereocenters. The van der Waals surface area contributed by atoms with Crippen LogP contribution in [0.1, 0.15) is 18.9 Å². The average Bonchev–Trinajstić information content (AvgIpc) is 2.58. The zero-order valence-corrected chi connectivity index (χ0v) is 14.9. The molecule has 0 heterocycles. The van der Waals surface area contributed by atoms with Crippen molar-refractivity contribution in [2.24, 2.45) is 0 Å². The second kappa shape index (κ2) is 8.52. The summed E-state index contributed by atoms with van der Waals surface area (Å²) in [6, 6.07) is 13.4. The van der Waals surface area contributed by atoms with Gasteiger partial charge in [-0.15, -0.1) is 0 Å². The molecule has 2 amide bonds. The Morgan fingerprint density at radius 1 is 1.16 bits per heavy atom. The SMILES string of the molecule is CC(=O)N(CCC(=O)Nc1cc(Cl)ccc1Cl)c1ccc(C#N)cc1. The van der Waals surface area contributed by atoms with Gasteiger partial charge in [-0.1, -0.05) is 23.2 Å². The van der Waals surface area contributed by atoms with Gasteiger partial charge in [0.15, 0.2) is 0 Å². The summed E-state index contributed by atoms with van der Waals surface area (Å²) in [4.78, 5) is 25.5. The van der Waals surface area contributed by atoms with Crippen LogP contribution < -0.4 is 10.2 Å². The van der Waals surface area contributed by atoms with E-state index < -0.39 is 0 Å². The van der Waals surface area contributed by atoms with Crippen LogP contribution in [-0.2, 0) is 9.59 Å². The number of anilines is 2. The minimum absolute atomic E-state index is 0.0857. The molecule has 0 radical (unpaired) electrons. The molecule has 0 aliphatic carbocycles. The Bertz CT molecular complexity index is 829. The van der Waals surface area contributed by atoms with Crippen LogP contribution in [0.5, 0.6) is 0 Å². The molecule has 0 aliphatic rings. The third-order valence-electron chi connectivity index (χ3n) is 3.45. The summed E-state index contributed by atoms with van der Waals surface area (Å²) in [7, 11) is 0. The van der Waals surface area contributed by atoms with E-state index in [1.165, 1.54) is 11.8 Å². The summed E-state index contributed by atoms with van der Waals surface area (Å²) in [6.45, 7) is 1.62. The first-order valence-electron chi connectivity index (χ1n) is 7.44. The molecule has 5 nitrogen and oxygen atoms in total. The van der Waals surface area contributed by atoms with Gasteiger partial charge in [-0.2, -0.15) is 5.26 Å². The maximum Gasteiger partial charge on any atom is 0.226 e. The van der Waals surface area contributed by atoms with Crippen LogP contribution in [0.15, 0.2) is 42.5 Å². The number of benzene rings is 2. The van der Waals surface area contributed by atoms with Crippen molar-refractivity contribution in [2.75, 3.05) is 16.8 Å². The van der Waals surface area contributed by atoms with Crippen molar-refractivity contribution in [2.45, 2.75) is 13.3 Å². The smallest absolute Gasteiger partial charge is 0.226 e. The fourth-order valence-electron chi connectivity index (χ4n) is 2.20. The molecule has 1 N–H and O–H groups in total. The third-order valence-corrected chi connectivity index (χ3v) is 4.02. The monoisotopic (exact) mass is 375 g/mol. The maximum absolute atomic E-state index is 12.1. The minimum Gasteiger partial charge on any atom is -0.325 e. The molecule has 0 saturated carbocycles. The first-order chi connectivity index (χ1) is 11.9. The summed E-state index contributed by atoms with van der Waals surface area (Å²) in [6.07, 6.45) is 0.0857. The van der Waals surface area contributed by atoms with E-state index in [1.807, 2.05) is 6.07 Å². The Morgan fingerprint density at radius 3 is 2.44 bits per heavy atom. The molecule has 25 heavy (non-hydrogen) atoms. The van der Waals surface area contributed by atoms with Gasteiger partial charge in [0.25, 0.3) is 0 Å². The van der Waals surface area contributed by atoms with Crippen molar-refractivity contribution in [1.82, 2.24) is 0 Å². The van der Waals surface area contributed by atoms with E-state index in [2.05, 4.69) is 5.32 Å². The van der Waals surface area contributed by atoms with E-state index >= 15 is 0 Å². The van der Waals surface area contributed by atoms with Crippen LogP contribution in [0.3, 0.4) is 0 Å². The molecular formula is C18H15Cl2N3O2. The van der Waals surface area contributed by atoms with Crippen LogP contribution in [0.2, 0.25) is 10.0 Å². The second-order valence-corrected chi connectivity index (χ2v) is 6.10. The van der Waals surface area contributed by atoms with Crippen molar-refractivity contribution in [3.63, 3.8) is 0 Å². The van der Waals surface area contributed by atoms with Gasteiger partial charge < -0.3 is 10.2 Å². The predicted molar refractivity (Wildman–Crippen MR) is 98.9 cm³/mol. The number of nitriles is 1. The fraction of sp³-hybridized carbons (Fsp3) is 0.167. The predicted octanol–water partition coefficient (Wildman–Crippen LogP) is 4.25. The van der Waals surface area contributed by atoms with E-state index in [9.17, 15) is 9.59 Å². The molecule has 2 aromatic carbocycles. The van der Waals surface area contributed by atoms with Crippen molar-refractivity contribution < 1.29 is 9.59 Å². The summed E-state index contributed by atoms with van der Waals surface area (Å²) in [5.41, 5.74) is 1.55. The van der Waals surface area contributed by atoms with Crippen molar-refractivity contribution >= 4 is 46.4 Å². The molecule has 0 saturated heterocycles. The molecule has 0 aromatic heterocycles. The van der Waals surface area contributed by atoms with Gasteiger partial charge in [0.2, 0.25) is 11.8 Å². The number of nitrogens with one attached hydrogen (secondary N) is 1. The van der Waals surface area contributed by atoms with E-state index in [-0.39, 0.29) is 24.8 Å². The van der Waals surface area contributed by atoms with E-state index in [0.29, 0.717) is 27.0 Å². The number of amides is 2. The zero-order chi connectivity index (χ0) is 18.4. The number of rotatable bonds is 5. The van der Waals surface area contributed by atoms with Crippen LogP contribution in [0.25, 0.3) is 0 Å². The number of carbonyl (C=O) groups excluding carboxylic acids is 2. The number of carbonyl (C=O) groups is 2. The molecule has 0 spiro atoms. The minimum atomic E-state index is -0.288. The standard InChI is InChI=1S/C18H15Cl2N3O2/c1-12(24)23(15-5-2-13(11-21)3-6-15)9-8-18(25)22-17-10-14(19)4-7-16(17)20/h2-7,10H,8-9H2,1H3,(H,22,25). The van der Waals surface area contributed by atoms with Crippen molar-refractivity contribution in [3.05, 3.63) is 58.1 Å². The number of hydrogen-bond donors (Lipinski definition) is 1. The molecule has 0 fully saturated rings. The van der Waals surface area contributed by atoms with Gasteiger partial charge >= 0.3 is 0 Å². The zero-order valence-electron chi connectivity index (χ0n) is 13.4. The lowest BCUT2D eigenvalue weighted by molar-refractivity contribution is -0.117. The van der Waals surface area contributed by atoms with E-state index in [1.54, 1.807) is 42.5 Å². The topological polar surface area (TPSA) is 73.2 Å². The highest BCUT2D eigenvalue weighted by Gasteiger charge is 2.14. The Kier molecular flexibility index (Phi) is 6.40. The molecule has 0 aliphatic heterocycles. The lowest BCUT2D eigenvalue weighted by Crippen LogP contribution is -2.31. The summed E-state index contributed by atoms with van der Waals surface area (Å²) in [5, 5.41) is 12.4. The Hall–Kier alpha value is -2.55. The number of halogens is 2. The molecule has 2 rings (SSSR count). The molecule has 128 valence electrons. The van der Waals surface area contributed by atoms with Crippen molar-refractivity contribution in [1.29, 1.82) is 5.26 Å². The highest BCUT2D eigenvalue weighted by molar-refractivity contribution is 6.35. The number of hydrogen-bond acceptors (Lipinski definition) is 3.